The maximum Gasteiger partial charge on any atom is 0.164 e. The number of aromatic nitrogens is 3. The lowest BCUT2D eigenvalue weighted by Crippen LogP contribution is -2.01. The first kappa shape index (κ1) is 32.2. The van der Waals surface area contributed by atoms with Crippen LogP contribution in [0.15, 0.2) is 205 Å². The largest absolute Gasteiger partial charge is 0.456 e. The number of nitrogens with zero attached hydrogens (tertiary/aromatic N) is 3. The van der Waals surface area contributed by atoms with Crippen LogP contribution in [0, 0.1) is 0 Å². The van der Waals surface area contributed by atoms with Crippen LogP contribution in [0.4, 0.5) is 0 Å². The van der Waals surface area contributed by atoms with Crippen LogP contribution >= 0.6 is 0 Å². The van der Waals surface area contributed by atoms with E-state index in [1.54, 1.807) is 0 Å². The van der Waals surface area contributed by atoms with Gasteiger partial charge in [0.15, 0.2) is 17.5 Å². The number of hydrogen-bond acceptors (Lipinski definition) is 4. The first-order valence-electron chi connectivity index (χ1n) is 18.4. The average molecular weight is 704 g/mol. The topological polar surface area (TPSA) is 51.8 Å². The van der Waals surface area contributed by atoms with E-state index >= 15 is 0 Å². The van der Waals surface area contributed by atoms with Crippen molar-refractivity contribution in [2.75, 3.05) is 0 Å². The van der Waals surface area contributed by atoms with Crippen molar-refractivity contribution in [2.45, 2.75) is 0 Å². The molecule has 55 heavy (non-hydrogen) atoms. The summed E-state index contributed by atoms with van der Waals surface area (Å²) in [5, 5.41) is 2.01. The van der Waals surface area contributed by atoms with Gasteiger partial charge in [0, 0.05) is 27.5 Å². The Morgan fingerprint density at radius 3 is 1.36 bits per heavy atom. The van der Waals surface area contributed by atoms with E-state index in [0.29, 0.717) is 17.5 Å². The molecule has 4 nitrogen and oxygen atoms in total. The first-order valence-corrected chi connectivity index (χ1v) is 18.4. The maximum absolute atomic E-state index is 6.29. The van der Waals surface area contributed by atoms with Gasteiger partial charge in [0.05, 0.1) is 0 Å². The SMILES string of the molecule is c1ccc(-c2ccccc2-c2ccc(-c3nc(-c4ccc(-c5ccccc5)c(-c5ccccc5)c4)nc(-c4cccc5oc6ccccc6c45)n3)cc2)cc1. The lowest BCUT2D eigenvalue weighted by Gasteiger charge is -2.14. The molecular weight excluding hydrogens is 671 g/mol. The zero-order valence-electron chi connectivity index (χ0n) is 29.8. The second kappa shape index (κ2) is 13.8. The van der Waals surface area contributed by atoms with Gasteiger partial charge in [0.2, 0.25) is 0 Å². The van der Waals surface area contributed by atoms with E-state index < -0.39 is 0 Å². The predicted octanol–water partition coefficient (Wildman–Crippen LogP) is 13.4. The van der Waals surface area contributed by atoms with E-state index in [1.807, 2.05) is 48.5 Å². The third kappa shape index (κ3) is 6.06. The van der Waals surface area contributed by atoms with E-state index in [2.05, 4.69) is 152 Å². The molecule has 10 aromatic rings. The van der Waals surface area contributed by atoms with Crippen molar-refractivity contribution in [3.8, 4) is 78.7 Å². The molecule has 0 saturated heterocycles. The summed E-state index contributed by atoms with van der Waals surface area (Å²) in [6.07, 6.45) is 0. The summed E-state index contributed by atoms with van der Waals surface area (Å²) in [4.78, 5) is 15.6. The predicted molar refractivity (Wildman–Crippen MR) is 225 cm³/mol. The van der Waals surface area contributed by atoms with E-state index in [1.165, 1.54) is 16.7 Å². The van der Waals surface area contributed by atoms with Gasteiger partial charge in [-0.3, -0.25) is 0 Å². The molecule has 0 amide bonds. The molecule has 0 atom stereocenters. The highest BCUT2D eigenvalue weighted by Crippen LogP contribution is 2.39. The lowest BCUT2D eigenvalue weighted by atomic mass is 9.92. The molecule has 0 fully saturated rings. The summed E-state index contributed by atoms with van der Waals surface area (Å²) in [6.45, 7) is 0. The van der Waals surface area contributed by atoms with Crippen molar-refractivity contribution in [3.63, 3.8) is 0 Å². The molecule has 10 rings (SSSR count). The normalized spacial score (nSPS) is 11.3. The standard InChI is InChI=1S/C51H33N3O/c1-4-15-34(16-5-1)40-21-10-11-22-41(40)37-27-29-38(30-28-37)49-52-50(54-51(53-49)44-24-14-26-47-48(44)43-23-12-13-25-46(43)55-47)39-31-32-42(35-17-6-2-7-18-35)45(33-39)36-19-8-3-9-20-36/h1-33H. The number of hydrogen-bond donors (Lipinski definition) is 0. The van der Waals surface area contributed by atoms with E-state index in [4.69, 9.17) is 19.4 Å². The highest BCUT2D eigenvalue weighted by atomic mass is 16.3. The van der Waals surface area contributed by atoms with Crippen molar-refractivity contribution < 1.29 is 4.42 Å². The van der Waals surface area contributed by atoms with Crippen molar-refractivity contribution in [1.29, 1.82) is 0 Å². The van der Waals surface area contributed by atoms with Crippen LogP contribution in [0.25, 0.3) is 101 Å². The summed E-state index contributed by atoms with van der Waals surface area (Å²) < 4.78 is 6.29. The minimum atomic E-state index is 0.587. The van der Waals surface area contributed by atoms with Gasteiger partial charge in [-0.05, 0) is 62.7 Å². The monoisotopic (exact) mass is 703 g/mol. The fourth-order valence-electron chi connectivity index (χ4n) is 7.53. The Kier molecular flexibility index (Phi) is 8.12. The average Bonchev–Trinajstić information content (AvgIpc) is 3.66. The summed E-state index contributed by atoms with van der Waals surface area (Å²) in [5.74, 6) is 1.78. The molecule has 8 aromatic carbocycles. The summed E-state index contributed by atoms with van der Waals surface area (Å²) in [7, 11) is 0. The molecule has 0 saturated carbocycles. The van der Waals surface area contributed by atoms with Gasteiger partial charge in [0.25, 0.3) is 0 Å². The van der Waals surface area contributed by atoms with Gasteiger partial charge in [-0.1, -0.05) is 182 Å². The van der Waals surface area contributed by atoms with Crippen molar-refractivity contribution in [1.82, 2.24) is 15.0 Å². The molecular formula is C51H33N3O. The Bertz CT molecular complexity index is 2950. The molecule has 258 valence electrons. The number of fused-ring (bicyclic) bond motifs is 3. The fourth-order valence-corrected chi connectivity index (χ4v) is 7.53. The molecule has 0 radical (unpaired) electrons. The number of rotatable bonds is 7. The van der Waals surface area contributed by atoms with Crippen molar-refractivity contribution in [2.24, 2.45) is 0 Å². The van der Waals surface area contributed by atoms with Gasteiger partial charge in [-0.25, -0.2) is 15.0 Å². The van der Waals surface area contributed by atoms with Gasteiger partial charge in [-0.15, -0.1) is 0 Å². The maximum atomic E-state index is 6.29. The highest BCUT2D eigenvalue weighted by Gasteiger charge is 2.19. The van der Waals surface area contributed by atoms with Crippen LogP contribution in [0.3, 0.4) is 0 Å². The Morgan fingerprint density at radius 1 is 0.273 bits per heavy atom. The van der Waals surface area contributed by atoms with Crippen molar-refractivity contribution >= 4 is 21.9 Å². The van der Waals surface area contributed by atoms with Crippen LogP contribution in [-0.2, 0) is 0 Å². The Hall–Kier alpha value is -7.43. The Balaban J connectivity index is 1.15. The van der Waals surface area contributed by atoms with E-state index in [0.717, 1.165) is 66.4 Å². The molecule has 0 bridgehead atoms. The molecule has 0 aliphatic heterocycles. The number of furan rings is 1. The minimum absolute atomic E-state index is 0.587. The summed E-state index contributed by atoms with van der Waals surface area (Å²) in [5.41, 5.74) is 13.5. The molecule has 0 spiro atoms. The fraction of sp³-hybridized carbons (Fsp3) is 0. The van der Waals surface area contributed by atoms with Crippen LogP contribution in [0.2, 0.25) is 0 Å². The van der Waals surface area contributed by atoms with Gasteiger partial charge >= 0.3 is 0 Å². The van der Waals surface area contributed by atoms with Gasteiger partial charge in [0.1, 0.15) is 11.2 Å². The number of para-hydroxylation sites is 1. The molecule has 2 aromatic heterocycles. The minimum Gasteiger partial charge on any atom is -0.456 e. The van der Waals surface area contributed by atoms with E-state index in [-0.39, 0.29) is 0 Å². The third-order valence-electron chi connectivity index (χ3n) is 10.2. The second-order valence-electron chi connectivity index (χ2n) is 13.6. The zero-order chi connectivity index (χ0) is 36.6. The summed E-state index contributed by atoms with van der Waals surface area (Å²) in [6, 6.07) is 69.3. The number of benzene rings is 8. The third-order valence-corrected chi connectivity index (χ3v) is 10.2. The quantitative estimate of drug-likeness (QED) is 0.166. The molecule has 2 heterocycles. The Labute approximate surface area is 319 Å². The first-order chi connectivity index (χ1) is 27.3. The zero-order valence-corrected chi connectivity index (χ0v) is 29.8. The van der Waals surface area contributed by atoms with Crippen LogP contribution in [0.5, 0.6) is 0 Å². The van der Waals surface area contributed by atoms with Crippen LogP contribution in [0.1, 0.15) is 0 Å². The van der Waals surface area contributed by atoms with Crippen LogP contribution in [-0.4, -0.2) is 15.0 Å². The molecule has 0 N–H and O–H groups in total. The molecule has 4 heteroatoms. The summed E-state index contributed by atoms with van der Waals surface area (Å²) >= 11 is 0. The van der Waals surface area contributed by atoms with Gasteiger partial charge < -0.3 is 4.42 Å². The highest BCUT2D eigenvalue weighted by molar-refractivity contribution is 6.11. The van der Waals surface area contributed by atoms with Crippen LogP contribution < -0.4 is 0 Å². The smallest absolute Gasteiger partial charge is 0.164 e. The Morgan fingerprint density at radius 2 is 0.709 bits per heavy atom. The van der Waals surface area contributed by atoms with Gasteiger partial charge in [-0.2, -0.15) is 0 Å². The molecule has 0 aliphatic carbocycles. The molecule has 0 aliphatic rings. The van der Waals surface area contributed by atoms with E-state index in [9.17, 15) is 0 Å². The second-order valence-corrected chi connectivity index (χ2v) is 13.6. The lowest BCUT2D eigenvalue weighted by molar-refractivity contribution is 0.669. The van der Waals surface area contributed by atoms with Crippen molar-refractivity contribution in [3.05, 3.63) is 200 Å². The molecule has 0 unspecified atom stereocenters.